The van der Waals surface area contributed by atoms with Crippen molar-refractivity contribution in [3.8, 4) is 5.75 Å². The second kappa shape index (κ2) is 4.80. The SMILES string of the molecule is COc1cc(C(C)C)cc(CN)c1Br. The van der Waals surface area contributed by atoms with E-state index in [1.165, 1.54) is 5.56 Å². The van der Waals surface area contributed by atoms with Crippen LogP contribution in [0.3, 0.4) is 0 Å². The number of rotatable bonds is 3. The topological polar surface area (TPSA) is 35.2 Å². The van der Waals surface area contributed by atoms with E-state index in [1.54, 1.807) is 7.11 Å². The minimum absolute atomic E-state index is 0.488. The van der Waals surface area contributed by atoms with Gasteiger partial charge in [-0.25, -0.2) is 0 Å². The molecule has 0 spiro atoms. The Hall–Kier alpha value is -0.540. The van der Waals surface area contributed by atoms with Gasteiger partial charge in [0, 0.05) is 6.54 Å². The Morgan fingerprint density at radius 1 is 1.43 bits per heavy atom. The molecule has 78 valence electrons. The van der Waals surface area contributed by atoms with Crippen molar-refractivity contribution >= 4 is 15.9 Å². The summed E-state index contributed by atoms with van der Waals surface area (Å²) >= 11 is 3.48. The monoisotopic (exact) mass is 257 g/mol. The smallest absolute Gasteiger partial charge is 0.133 e. The number of hydrogen-bond acceptors (Lipinski definition) is 2. The van der Waals surface area contributed by atoms with Gasteiger partial charge in [0.15, 0.2) is 0 Å². The second-order valence-corrected chi connectivity index (χ2v) is 4.35. The molecule has 0 saturated heterocycles. The summed E-state index contributed by atoms with van der Waals surface area (Å²) in [5.74, 6) is 1.35. The molecule has 0 amide bonds. The molecule has 0 heterocycles. The van der Waals surface area contributed by atoms with E-state index in [-0.39, 0.29) is 0 Å². The number of nitrogens with two attached hydrogens (primary N) is 1. The highest BCUT2D eigenvalue weighted by Gasteiger charge is 2.09. The normalized spacial score (nSPS) is 10.7. The summed E-state index contributed by atoms with van der Waals surface area (Å²) in [6, 6.07) is 4.17. The molecule has 0 fully saturated rings. The van der Waals surface area contributed by atoms with Gasteiger partial charge in [-0.3, -0.25) is 0 Å². The van der Waals surface area contributed by atoms with Crippen LogP contribution in [0.15, 0.2) is 16.6 Å². The summed E-state index contributed by atoms with van der Waals surface area (Å²) in [6.45, 7) is 4.84. The molecule has 0 aliphatic rings. The third kappa shape index (κ3) is 2.28. The first kappa shape index (κ1) is 11.5. The lowest BCUT2D eigenvalue weighted by Crippen LogP contribution is -2.01. The van der Waals surface area contributed by atoms with E-state index in [0.717, 1.165) is 15.8 Å². The summed E-state index contributed by atoms with van der Waals surface area (Å²) in [4.78, 5) is 0. The average Bonchev–Trinajstić information content (AvgIpc) is 2.17. The standard InChI is InChI=1S/C11H16BrNO/c1-7(2)8-4-9(6-13)11(12)10(5-8)14-3/h4-5,7H,6,13H2,1-3H3. The van der Waals surface area contributed by atoms with Gasteiger partial charge in [-0.2, -0.15) is 0 Å². The molecule has 0 aromatic heterocycles. The maximum Gasteiger partial charge on any atom is 0.133 e. The summed E-state index contributed by atoms with van der Waals surface area (Å²) in [7, 11) is 1.67. The van der Waals surface area contributed by atoms with Gasteiger partial charge in [-0.15, -0.1) is 0 Å². The lowest BCUT2D eigenvalue weighted by molar-refractivity contribution is 0.410. The molecular formula is C11H16BrNO. The minimum atomic E-state index is 0.488. The summed E-state index contributed by atoms with van der Waals surface area (Å²) in [5.41, 5.74) is 8.00. The van der Waals surface area contributed by atoms with Gasteiger partial charge in [0.1, 0.15) is 5.75 Å². The fraction of sp³-hybridized carbons (Fsp3) is 0.455. The van der Waals surface area contributed by atoms with Gasteiger partial charge in [0.2, 0.25) is 0 Å². The fourth-order valence-corrected chi connectivity index (χ4v) is 1.86. The van der Waals surface area contributed by atoms with Crippen LogP contribution in [0.2, 0.25) is 0 Å². The van der Waals surface area contributed by atoms with Crippen LogP contribution < -0.4 is 10.5 Å². The van der Waals surface area contributed by atoms with E-state index < -0.39 is 0 Å². The molecule has 1 aromatic rings. The Labute approximate surface area is 93.6 Å². The van der Waals surface area contributed by atoms with E-state index in [1.807, 2.05) is 6.07 Å². The average molecular weight is 258 g/mol. The zero-order chi connectivity index (χ0) is 10.7. The van der Waals surface area contributed by atoms with Crippen LogP contribution in [0.1, 0.15) is 30.9 Å². The Kier molecular flexibility index (Phi) is 3.96. The number of ether oxygens (including phenoxy) is 1. The van der Waals surface area contributed by atoms with Crippen molar-refractivity contribution in [1.82, 2.24) is 0 Å². The molecule has 1 rings (SSSR count). The molecule has 0 radical (unpaired) electrons. The predicted molar refractivity (Wildman–Crippen MR) is 62.7 cm³/mol. The molecule has 0 unspecified atom stereocenters. The number of hydrogen-bond donors (Lipinski definition) is 1. The molecule has 3 heteroatoms. The molecule has 0 bridgehead atoms. The molecule has 0 saturated carbocycles. The van der Waals surface area contributed by atoms with Crippen LogP contribution in [0.5, 0.6) is 5.75 Å². The summed E-state index contributed by atoms with van der Waals surface area (Å²) < 4.78 is 6.24. The van der Waals surface area contributed by atoms with E-state index in [2.05, 4.69) is 35.8 Å². The van der Waals surface area contributed by atoms with E-state index >= 15 is 0 Å². The minimum Gasteiger partial charge on any atom is -0.496 e. The first-order valence-corrected chi connectivity index (χ1v) is 5.45. The molecule has 14 heavy (non-hydrogen) atoms. The Bertz CT molecular complexity index is 298. The number of benzene rings is 1. The van der Waals surface area contributed by atoms with Gasteiger partial charge < -0.3 is 10.5 Å². The van der Waals surface area contributed by atoms with Crippen LogP contribution in [0, 0.1) is 0 Å². The lowest BCUT2D eigenvalue weighted by Gasteiger charge is -2.13. The molecule has 2 nitrogen and oxygen atoms in total. The maximum absolute atomic E-state index is 5.66. The Morgan fingerprint density at radius 2 is 2.07 bits per heavy atom. The highest BCUT2D eigenvalue weighted by molar-refractivity contribution is 9.10. The fourth-order valence-electron chi connectivity index (χ4n) is 1.31. The summed E-state index contributed by atoms with van der Waals surface area (Å²) in [6.07, 6.45) is 0. The Morgan fingerprint density at radius 3 is 2.50 bits per heavy atom. The van der Waals surface area contributed by atoms with E-state index in [0.29, 0.717) is 12.5 Å². The second-order valence-electron chi connectivity index (χ2n) is 3.56. The van der Waals surface area contributed by atoms with Crippen molar-refractivity contribution in [2.75, 3.05) is 7.11 Å². The van der Waals surface area contributed by atoms with Gasteiger partial charge in [-0.05, 0) is 39.0 Å². The van der Waals surface area contributed by atoms with Crippen LogP contribution in [0.4, 0.5) is 0 Å². The van der Waals surface area contributed by atoms with Gasteiger partial charge in [-0.1, -0.05) is 19.9 Å². The zero-order valence-electron chi connectivity index (χ0n) is 8.80. The van der Waals surface area contributed by atoms with Crippen molar-refractivity contribution in [3.63, 3.8) is 0 Å². The largest absolute Gasteiger partial charge is 0.496 e. The highest BCUT2D eigenvalue weighted by atomic mass is 79.9. The van der Waals surface area contributed by atoms with Gasteiger partial charge in [0.25, 0.3) is 0 Å². The Balaban J connectivity index is 3.25. The number of methoxy groups -OCH3 is 1. The number of halogens is 1. The molecule has 1 aromatic carbocycles. The maximum atomic E-state index is 5.66. The van der Waals surface area contributed by atoms with Crippen molar-refractivity contribution in [2.45, 2.75) is 26.3 Å². The van der Waals surface area contributed by atoms with Crippen molar-refractivity contribution in [2.24, 2.45) is 5.73 Å². The molecule has 0 aliphatic carbocycles. The van der Waals surface area contributed by atoms with E-state index in [4.69, 9.17) is 10.5 Å². The summed E-state index contributed by atoms with van der Waals surface area (Å²) in [5, 5.41) is 0. The van der Waals surface area contributed by atoms with Gasteiger partial charge in [0.05, 0.1) is 11.6 Å². The van der Waals surface area contributed by atoms with Crippen LogP contribution in [-0.4, -0.2) is 7.11 Å². The quantitative estimate of drug-likeness (QED) is 0.904. The third-order valence-electron chi connectivity index (χ3n) is 2.24. The van der Waals surface area contributed by atoms with Crippen molar-refractivity contribution < 1.29 is 4.74 Å². The van der Waals surface area contributed by atoms with Crippen molar-refractivity contribution in [3.05, 3.63) is 27.7 Å². The lowest BCUT2D eigenvalue weighted by atomic mass is 10.0. The van der Waals surface area contributed by atoms with E-state index in [9.17, 15) is 0 Å². The molecule has 2 N–H and O–H groups in total. The van der Waals surface area contributed by atoms with Crippen LogP contribution in [-0.2, 0) is 6.54 Å². The predicted octanol–water partition coefficient (Wildman–Crippen LogP) is 3.04. The third-order valence-corrected chi connectivity index (χ3v) is 3.14. The highest BCUT2D eigenvalue weighted by Crippen LogP contribution is 2.32. The van der Waals surface area contributed by atoms with Gasteiger partial charge >= 0.3 is 0 Å². The van der Waals surface area contributed by atoms with Crippen LogP contribution in [0.25, 0.3) is 0 Å². The molecular weight excluding hydrogens is 242 g/mol. The van der Waals surface area contributed by atoms with Crippen LogP contribution >= 0.6 is 15.9 Å². The first-order chi connectivity index (χ1) is 6.60. The van der Waals surface area contributed by atoms with Crippen molar-refractivity contribution in [1.29, 1.82) is 0 Å². The molecule has 0 atom stereocenters. The zero-order valence-corrected chi connectivity index (χ0v) is 10.4. The molecule has 0 aliphatic heterocycles. The first-order valence-electron chi connectivity index (χ1n) is 4.66.